The molecular weight excluding hydrogens is 518 g/mol. The maximum absolute atomic E-state index is 2.34. The van der Waals surface area contributed by atoms with Crippen molar-refractivity contribution in [2.75, 3.05) is 4.90 Å². The van der Waals surface area contributed by atoms with Crippen LogP contribution in [0.4, 0.5) is 17.1 Å². The van der Waals surface area contributed by atoms with Crippen LogP contribution >= 0.6 is 0 Å². The molecule has 0 unspecified atom stereocenters. The maximum Gasteiger partial charge on any atom is 0.0468 e. The summed E-state index contributed by atoms with van der Waals surface area (Å²) in [6.07, 6.45) is 0. The maximum atomic E-state index is 2.34. The molecule has 1 heteroatoms. The van der Waals surface area contributed by atoms with E-state index in [-0.39, 0.29) is 0 Å². The zero-order valence-electron chi connectivity index (χ0n) is 23.8. The first-order chi connectivity index (χ1) is 21.3. The van der Waals surface area contributed by atoms with Gasteiger partial charge in [0.15, 0.2) is 0 Å². The lowest BCUT2D eigenvalue weighted by Gasteiger charge is -2.26. The first kappa shape index (κ1) is 26.3. The lowest BCUT2D eigenvalue weighted by atomic mass is 9.91. The zero-order valence-corrected chi connectivity index (χ0v) is 23.8. The minimum absolute atomic E-state index is 1.11. The molecule has 0 heterocycles. The quantitative estimate of drug-likeness (QED) is 0.191. The highest BCUT2D eigenvalue weighted by Crippen LogP contribution is 2.41. The van der Waals surface area contributed by atoms with Gasteiger partial charge in [-0.2, -0.15) is 0 Å². The number of hydrogen-bond acceptors (Lipinski definition) is 1. The zero-order chi connectivity index (χ0) is 28.8. The van der Waals surface area contributed by atoms with Crippen LogP contribution < -0.4 is 4.90 Å². The Kier molecular flexibility index (Phi) is 7.36. The van der Waals surface area contributed by atoms with E-state index in [1.807, 2.05) is 0 Å². The van der Waals surface area contributed by atoms with E-state index in [4.69, 9.17) is 0 Å². The largest absolute Gasteiger partial charge is 0.310 e. The highest BCUT2D eigenvalue weighted by molar-refractivity contribution is 5.90. The summed E-state index contributed by atoms with van der Waals surface area (Å²) in [5.74, 6) is 0. The van der Waals surface area contributed by atoms with Crippen LogP contribution in [0.3, 0.4) is 0 Å². The van der Waals surface area contributed by atoms with E-state index >= 15 is 0 Å². The van der Waals surface area contributed by atoms with E-state index in [1.165, 1.54) is 44.5 Å². The van der Waals surface area contributed by atoms with Crippen molar-refractivity contribution >= 4 is 17.1 Å². The third-order valence-electron chi connectivity index (χ3n) is 7.87. The minimum Gasteiger partial charge on any atom is -0.310 e. The topological polar surface area (TPSA) is 3.24 Å². The van der Waals surface area contributed by atoms with Crippen molar-refractivity contribution < 1.29 is 0 Å². The molecule has 7 aromatic rings. The van der Waals surface area contributed by atoms with Gasteiger partial charge in [-0.15, -0.1) is 0 Å². The molecule has 0 radical (unpaired) electrons. The summed E-state index contributed by atoms with van der Waals surface area (Å²) in [4.78, 5) is 2.33. The molecule has 0 atom stereocenters. The number of para-hydroxylation sites is 2. The van der Waals surface area contributed by atoms with Gasteiger partial charge < -0.3 is 4.90 Å². The first-order valence-corrected chi connectivity index (χ1v) is 14.7. The summed E-state index contributed by atoms with van der Waals surface area (Å²) in [7, 11) is 0. The number of anilines is 3. The molecule has 7 rings (SSSR count). The standard InChI is InChI=1S/C42H31N/c1-5-14-32(15-6-1)34-24-26-35(27-25-34)42-31-40(43(38-20-9-3-10-21-38)39-22-11-4-12-23-39)28-29-41(42)37-19-13-18-36(30-37)33-16-7-2-8-17-33/h1-31H. The summed E-state index contributed by atoms with van der Waals surface area (Å²) in [5.41, 5.74) is 13.0. The lowest BCUT2D eigenvalue weighted by Crippen LogP contribution is -2.10. The molecule has 0 aliphatic rings. The van der Waals surface area contributed by atoms with Crippen molar-refractivity contribution in [3.8, 4) is 44.5 Å². The van der Waals surface area contributed by atoms with Crippen LogP contribution in [0.25, 0.3) is 44.5 Å². The second-order valence-electron chi connectivity index (χ2n) is 10.6. The van der Waals surface area contributed by atoms with Gasteiger partial charge in [-0.3, -0.25) is 0 Å². The van der Waals surface area contributed by atoms with E-state index in [0.29, 0.717) is 0 Å². The molecule has 0 aliphatic carbocycles. The Morgan fingerprint density at radius 3 is 1.26 bits per heavy atom. The van der Waals surface area contributed by atoms with Crippen LogP contribution in [0, 0.1) is 0 Å². The van der Waals surface area contributed by atoms with Crippen LogP contribution in [-0.4, -0.2) is 0 Å². The highest BCUT2D eigenvalue weighted by atomic mass is 15.1. The molecule has 0 bridgehead atoms. The van der Waals surface area contributed by atoms with Gasteiger partial charge in [-0.25, -0.2) is 0 Å². The molecule has 1 nitrogen and oxygen atoms in total. The fourth-order valence-corrected chi connectivity index (χ4v) is 5.73. The van der Waals surface area contributed by atoms with Gasteiger partial charge in [-0.05, 0) is 87.0 Å². The predicted molar refractivity (Wildman–Crippen MR) is 183 cm³/mol. The van der Waals surface area contributed by atoms with Gasteiger partial charge in [0.05, 0.1) is 0 Å². The van der Waals surface area contributed by atoms with E-state index in [1.54, 1.807) is 0 Å². The first-order valence-electron chi connectivity index (χ1n) is 14.7. The molecular formula is C42H31N. The van der Waals surface area contributed by atoms with Gasteiger partial charge in [0.25, 0.3) is 0 Å². The Bertz CT molecular complexity index is 1890. The molecule has 0 amide bonds. The SMILES string of the molecule is c1ccc(-c2ccc(-c3cc(N(c4ccccc4)c4ccccc4)ccc3-c3cccc(-c4ccccc4)c3)cc2)cc1. The Morgan fingerprint density at radius 1 is 0.233 bits per heavy atom. The summed E-state index contributed by atoms with van der Waals surface area (Å²) >= 11 is 0. The normalized spacial score (nSPS) is 10.8. The Balaban J connectivity index is 1.39. The average Bonchev–Trinajstić information content (AvgIpc) is 3.10. The van der Waals surface area contributed by atoms with E-state index in [0.717, 1.165) is 17.1 Å². The number of rotatable bonds is 7. The molecule has 0 saturated carbocycles. The summed E-state index contributed by atoms with van der Waals surface area (Å²) in [6.45, 7) is 0. The fraction of sp³-hybridized carbons (Fsp3) is 0. The van der Waals surface area contributed by atoms with Crippen LogP contribution in [0.15, 0.2) is 188 Å². The van der Waals surface area contributed by atoms with Gasteiger partial charge in [0.2, 0.25) is 0 Å². The second kappa shape index (κ2) is 12.1. The van der Waals surface area contributed by atoms with E-state index in [9.17, 15) is 0 Å². The van der Waals surface area contributed by atoms with Gasteiger partial charge >= 0.3 is 0 Å². The third kappa shape index (κ3) is 5.62. The molecule has 0 N–H and O–H groups in total. The molecule has 7 aromatic carbocycles. The molecule has 0 saturated heterocycles. The van der Waals surface area contributed by atoms with Crippen LogP contribution in [0.5, 0.6) is 0 Å². The van der Waals surface area contributed by atoms with Crippen molar-refractivity contribution in [1.29, 1.82) is 0 Å². The smallest absolute Gasteiger partial charge is 0.0468 e. The van der Waals surface area contributed by atoms with Crippen molar-refractivity contribution in [3.05, 3.63) is 188 Å². The Morgan fingerprint density at radius 2 is 0.674 bits per heavy atom. The Labute approximate surface area is 254 Å². The molecule has 0 spiro atoms. The summed E-state index contributed by atoms with van der Waals surface area (Å²) in [5, 5.41) is 0. The number of benzene rings is 7. The molecule has 0 aromatic heterocycles. The third-order valence-corrected chi connectivity index (χ3v) is 7.87. The molecule has 0 aliphatic heterocycles. The number of nitrogens with zero attached hydrogens (tertiary/aromatic N) is 1. The summed E-state index contributed by atoms with van der Waals surface area (Å²) in [6, 6.07) is 67.0. The van der Waals surface area contributed by atoms with Gasteiger partial charge in [0, 0.05) is 17.1 Å². The van der Waals surface area contributed by atoms with Crippen LogP contribution in [0.1, 0.15) is 0 Å². The van der Waals surface area contributed by atoms with E-state index in [2.05, 4.69) is 193 Å². The summed E-state index contributed by atoms with van der Waals surface area (Å²) < 4.78 is 0. The molecule has 204 valence electrons. The minimum atomic E-state index is 1.11. The monoisotopic (exact) mass is 549 g/mol. The highest BCUT2D eigenvalue weighted by Gasteiger charge is 2.16. The van der Waals surface area contributed by atoms with Crippen molar-refractivity contribution in [2.45, 2.75) is 0 Å². The predicted octanol–water partition coefficient (Wildman–Crippen LogP) is 11.8. The lowest BCUT2D eigenvalue weighted by molar-refractivity contribution is 1.28. The number of hydrogen-bond donors (Lipinski definition) is 0. The van der Waals surface area contributed by atoms with Crippen LogP contribution in [0.2, 0.25) is 0 Å². The van der Waals surface area contributed by atoms with Gasteiger partial charge in [0.1, 0.15) is 0 Å². The van der Waals surface area contributed by atoms with E-state index < -0.39 is 0 Å². The van der Waals surface area contributed by atoms with Crippen molar-refractivity contribution in [1.82, 2.24) is 0 Å². The van der Waals surface area contributed by atoms with Crippen LogP contribution in [-0.2, 0) is 0 Å². The van der Waals surface area contributed by atoms with Crippen molar-refractivity contribution in [2.24, 2.45) is 0 Å². The van der Waals surface area contributed by atoms with Gasteiger partial charge in [-0.1, -0.05) is 146 Å². The molecule has 0 fully saturated rings. The average molecular weight is 550 g/mol. The second-order valence-corrected chi connectivity index (χ2v) is 10.6. The fourth-order valence-electron chi connectivity index (χ4n) is 5.73. The molecule has 43 heavy (non-hydrogen) atoms. The Hall–Kier alpha value is -5.66. The van der Waals surface area contributed by atoms with Crippen molar-refractivity contribution in [3.63, 3.8) is 0 Å².